The minimum absolute atomic E-state index is 0.0422. The molecule has 0 saturated heterocycles. The molecule has 0 aliphatic heterocycles. The highest BCUT2D eigenvalue weighted by atomic mass is 16.6. The van der Waals surface area contributed by atoms with Gasteiger partial charge in [0.15, 0.2) is 0 Å². The third kappa shape index (κ3) is 4.71. The Labute approximate surface area is 228 Å². The fourth-order valence-corrected chi connectivity index (χ4v) is 5.43. The predicted octanol–water partition coefficient (Wildman–Crippen LogP) is 6.09. The maximum atomic E-state index is 12.6. The van der Waals surface area contributed by atoms with Crippen LogP contribution in [0, 0.1) is 0 Å². The van der Waals surface area contributed by atoms with Gasteiger partial charge in [0.1, 0.15) is 12.1 Å². The van der Waals surface area contributed by atoms with Crippen LogP contribution in [-0.2, 0) is 16.9 Å². The fraction of sp³-hybridized carbons (Fsp3) is 0.152. The van der Waals surface area contributed by atoms with Crippen molar-refractivity contribution in [3.63, 3.8) is 0 Å². The quantitative estimate of drug-likeness (QED) is 0.118. The van der Waals surface area contributed by atoms with Gasteiger partial charge < -0.3 is 9.30 Å². The first kappa shape index (κ1) is 24.6. The van der Waals surface area contributed by atoms with Crippen LogP contribution in [0.5, 0.6) is 0 Å². The molecule has 1 aliphatic carbocycles. The SMILES string of the molecule is NN(C(=O)OCc1ccccc1)C1CC1c1cn(C(c2ccccc2)(c2ccccc2)c2ccccc2)cn1. The molecule has 5 aromatic rings. The largest absolute Gasteiger partial charge is 0.444 e. The van der Waals surface area contributed by atoms with Gasteiger partial charge >= 0.3 is 6.09 Å². The molecule has 39 heavy (non-hydrogen) atoms. The molecule has 2 atom stereocenters. The molecule has 1 fully saturated rings. The molecule has 2 N–H and O–H groups in total. The van der Waals surface area contributed by atoms with Crippen molar-refractivity contribution in [2.45, 2.75) is 30.5 Å². The zero-order valence-corrected chi connectivity index (χ0v) is 21.5. The number of carbonyl (C=O) groups is 1. The molecule has 0 spiro atoms. The number of ether oxygens (including phenoxy) is 1. The van der Waals surface area contributed by atoms with E-state index in [1.807, 2.05) is 54.9 Å². The van der Waals surface area contributed by atoms with E-state index in [4.69, 9.17) is 15.6 Å². The van der Waals surface area contributed by atoms with Crippen molar-refractivity contribution in [1.29, 1.82) is 0 Å². The van der Waals surface area contributed by atoms with E-state index in [0.29, 0.717) is 0 Å². The summed E-state index contributed by atoms with van der Waals surface area (Å²) in [6.07, 6.45) is 4.20. The number of carbonyl (C=O) groups excluding carboxylic acids is 1. The van der Waals surface area contributed by atoms with Gasteiger partial charge in [-0.3, -0.25) is 0 Å². The summed E-state index contributed by atoms with van der Waals surface area (Å²) in [5.74, 6) is 6.25. The lowest BCUT2D eigenvalue weighted by Gasteiger charge is -2.37. The minimum Gasteiger partial charge on any atom is -0.444 e. The van der Waals surface area contributed by atoms with Gasteiger partial charge in [-0.05, 0) is 28.7 Å². The van der Waals surface area contributed by atoms with Crippen molar-refractivity contribution in [3.05, 3.63) is 162 Å². The molecule has 194 valence electrons. The number of aromatic nitrogens is 2. The Bertz CT molecular complexity index is 1420. The van der Waals surface area contributed by atoms with E-state index in [1.165, 1.54) is 5.01 Å². The number of nitrogens with zero attached hydrogens (tertiary/aromatic N) is 3. The topological polar surface area (TPSA) is 73.4 Å². The minimum atomic E-state index is -0.629. The van der Waals surface area contributed by atoms with Crippen molar-refractivity contribution in [3.8, 4) is 0 Å². The summed E-state index contributed by atoms with van der Waals surface area (Å²) in [5, 5.41) is 1.21. The molecule has 4 aromatic carbocycles. The van der Waals surface area contributed by atoms with Crippen LogP contribution >= 0.6 is 0 Å². The summed E-state index contributed by atoms with van der Waals surface area (Å²) in [7, 11) is 0. The highest BCUT2D eigenvalue weighted by molar-refractivity contribution is 5.68. The molecule has 1 aromatic heterocycles. The number of hydrazine groups is 1. The Hall–Kier alpha value is -4.68. The number of hydrogen-bond acceptors (Lipinski definition) is 4. The predicted molar refractivity (Wildman–Crippen MR) is 151 cm³/mol. The highest BCUT2D eigenvalue weighted by Crippen LogP contribution is 2.45. The lowest BCUT2D eigenvalue weighted by atomic mass is 9.77. The third-order valence-electron chi connectivity index (χ3n) is 7.47. The normalized spacial score (nSPS) is 16.4. The Kier molecular flexibility index (Phi) is 6.69. The Morgan fingerprint density at radius 2 is 1.31 bits per heavy atom. The van der Waals surface area contributed by atoms with Gasteiger partial charge in [-0.2, -0.15) is 0 Å². The van der Waals surface area contributed by atoms with E-state index in [1.54, 1.807) is 0 Å². The first-order valence-electron chi connectivity index (χ1n) is 13.1. The molecule has 6 rings (SSSR count). The Morgan fingerprint density at radius 1 is 0.821 bits per heavy atom. The molecule has 0 bridgehead atoms. The van der Waals surface area contributed by atoms with Crippen molar-refractivity contribution < 1.29 is 9.53 Å². The van der Waals surface area contributed by atoms with Crippen molar-refractivity contribution in [2.24, 2.45) is 5.84 Å². The maximum Gasteiger partial charge on any atom is 0.424 e. The summed E-state index contributed by atoms with van der Waals surface area (Å²) in [4.78, 5) is 17.5. The molecule has 1 heterocycles. The van der Waals surface area contributed by atoms with Crippen LogP contribution in [0.2, 0.25) is 0 Å². The Balaban J connectivity index is 1.31. The van der Waals surface area contributed by atoms with Crippen LogP contribution in [0.15, 0.2) is 134 Å². The van der Waals surface area contributed by atoms with Gasteiger partial charge in [-0.1, -0.05) is 121 Å². The van der Waals surface area contributed by atoms with Crippen molar-refractivity contribution in [1.82, 2.24) is 14.6 Å². The summed E-state index contributed by atoms with van der Waals surface area (Å²) in [6.45, 7) is 0.188. The average Bonchev–Trinajstić information content (AvgIpc) is 3.66. The third-order valence-corrected chi connectivity index (χ3v) is 7.47. The van der Waals surface area contributed by atoms with Crippen LogP contribution in [0.3, 0.4) is 0 Å². The highest BCUT2D eigenvalue weighted by Gasteiger charge is 2.47. The van der Waals surface area contributed by atoms with E-state index in [2.05, 4.69) is 83.6 Å². The molecule has 6 heteroatoms. The van der Waals surface area contributed by atoms with E-state index in [0.717, 1.165) is 34.4 Å². The van der Waals surface area contributed by atoms with Crippen LogP contribution < -0.4 is 5.84 Å². The number of benzene rings is 4. The average molecular weight is 515 g/mol. The summed E-state index contributed by atoms with van der Waals surface area (Å²) in [6, 6.07) is 40.9. The summed E-state index contributed by atoms with van der Waals surface area (Å²) >= 11 is 0. The zero-order valence-electron chi connectivity index (χ0n) is 21.5. The lowest BCUT2D eigenvalue weighted by molar-refractivity contribution is 0.0930. The first-order valence-corrected chi connectivity index (χ1v) is 13.1. The van der Waals surface area contributed by atoms with E-state index < -0.39 is 11.6 Å². The first-order chi connectivity index (χ1) is 19.2. The number of amides is 1. The maximum absolute atomic E-state index is 12.6. The van der Waals surface area contributed by atoms with Crippen LogP contribution in [-0.4, -0.2) is 26.7 Å². The molecule has 0 radical (unpaired) electrons. The van der Waals surface area contributed by atoms with Crippen molar-refractivity contribution in [2.75, 3.05) is 0 Å². The standard InChI is InChI=1S/C33H30N4O2/c34-37(32(38)39-23-25-13-5-1-6-14-25)31-21-29(31)30-22-36(24-35-30)33(26-15-7-2-8-16-26,27-17-9-3-10-18-27)28-19-11-4-12-20-28/h1-20,22,24,29,31H,21,23,34H2. The molecule has 6 nitrogen and oxygen atoms in total. The smallest absolute Gasteiger partial charge is 0.424 e. The van der Waals surface area contributed by atoms with Gasteiger partial charge in [0.2, 0.25) is 0 Å². The van der Waals surface area contributed by atoms with Gasteiger partial charge in [0.25, 0.3) is 0 Å². The van der Waals surface area contributed by atoms with E-state index in [9.17, 15) is 4.79 Å². The number of hydrogen-bond donors (Lipinski definition) is 1. The lowest BCUT2D eigenvalue weighted by Crippen LogP contribution is -2.40. The molecule has 1 saturated carbocycles. The molecular formula is C33H30N4O2. The van der Waals surface area contributed by atoms with Crippen LogP contribution in [0.1, 0.15) is 40.3 Å². The zero-order chi connectivity index (χ0) is 26.7. The molecule has 1 amide bonds. The van der Waals surface area contributed by atoms with Crippen molar-refractivity contribution >= 4 is 6.09 Å². The number of rotatable bonds is 8. The van der Waals surface area contributed by atoms with E-state index in [-0.39, 0.29) is 18.6 Å². The second kappa shape index (κ2) is 10.6. The monoisotopic (exact) mass is 514 g/mol. The fourth-order valence-electron chi connectivity index (χ4n) is 5.43. The summed E-state index contributed by atoms with van der Waals surface area (Å²) in [5.41, 5.74) is 4.58. The molecule has 1 aliphatic rings. The van der Waals surface area contributed by atoms with Gasteiger partial charge in [-0.15, -0.1) is 0 Å². The van der Waals surface area contributed by atoms with Gasteiger partial charge in [0, 0.05) is 12.1 Å². The van der Waals surface area contributed by atoms with Gasteiger partial charge in [-0.25, -0.2) is 20.6 Å². The van der Waals surface area contributed by atoms with Crippen LogP contribution in [0.4, 0.5) is 4.79 Å². The van der Waals surface area contributed by atoms with E-state index >= 15 is 0 Å². The second-order valence-corrected chi connectivity index (χ2v) is 9.87. The Morgan fingerprint density at radius 3 is 1.82 bits per heavy atom. The number of nitrogens with two attached hydrogens (primary N) is 1. The number of imidazole rings is 1. The second-order valence-electron chi connectivity index (χ2n) is 9.87. The van der Waals surface area contributed by atoms with Crippen LogP contribution in [0.25, 0.3) is 0 Å². The summed E-state index contributed by atoms with van der Waals surface area (Å²) < 4.78 is 7.63. The molecule has 2 unspecified atom stereocenters. The van der Waals surface area contributed by atoms with Gasteiger partial charge in [0.05, 0.1) is 18.1 Å². The molecular weight excluding hydrogens is 484 g/mol.